The van der Waals surface area contributed by atoms with Crippen molar-refractivity contribution in [3.8, 4) is 0 Å². The molecule has 1 N–H and O–H groups in total. The van der Waals surface area contributed by atoms with E-state index in [0.717, 1.165) is 28.6 Å². The monoisotopic (exact) mass is 528 g/mol. The second-order valence-corrected chi connectivity index (χ2v) is 11.4. The zero-order valence-corrected chi connectivity index (χ0v) is 22.0. The first-order valence-corrected chi connectivity index (χ1v) is 14.4. The van der Waals surface area contributed by atoms with E-state index in [2.05, 4.69) is 70.0 Å². The van der Waals surface area contributed by atoms with Crippen molar-refractivity contribution in [2.45, 2.75) is 24.6 Å². The van der Waals surface area contributed by atoms with Crippen molar-refractivity contribution in [3.63, 3.8) is 0 Å². The van der Waals surface area contributed by atoms with Gasteiger partial charge in [-0.25, -0.2) is 13.1 Å². The number of sulfonamides is 1. The molecular weight excluding hydrogens is 500 g/mol. The summed E-state index contributed by atoms with van der Waals surface area (Å²) in [6.45, 7) is 0.374. The molecule has 1 aromatic heterocycles. The van der Waals surface area contributed by atoms with E-state index in [-0.39, 0.29) is 11.8 Å². The van der Waals surface area contributed by atoms with Crippen LogP contribution in [0.2, 0.25) is 5.02 Å². The van der Waals surface area contributed by atoms with E-state index < -0.39 is 10.0 Å². The summed E-state index contributed by atoms with van der Waals surface area (Å²) >= 11 is 6.35. The van der Waals surface area contributed by atoms with Gasteiger partial charge in [-0.15, -0.1) is 0 Å². The standard InChI is InChI=1S/C31H29ClN2O2S/c32-28-18-19-30-27(21-28)22-29(17-10-20-33-37(35,36)23-24-11-4-1-5-12-24)34(30)31(25-13-6-2-7-14-25)26-15-8-3-9-16-26/h1-9,11-16,18-19,21-22,31,33H,10,17,20,23H2. The molecule has 0 fully saturated rings. The topological polar surface area (TPSA) is 51.1 Å². The van der Waals surface area contributed by atoms with Crippen LogP contribution in [0.4, 0.5) is 0 Å². The molecule has 5 rings (SSSR count). The number of fused-ring (bicyclic) bond motifs is 1. The lowest BCUT2D eigenvalue weighted by Crippen LogP contribution is -2.26. The van der Waals surface area contributed by atoms with Crippen molar-refractivity contribution in [2.75, 3.05) is 6.54 Å². The van der Waals surface area contributed by atoms with Crippen molar-refractivity contribution in [1.82, 2.24) is 9.29 Å². The van der Waals surface area contributed by atoms with Crippen LogP contribution in [0.3, 0.4) is 0 Å². The van der Waals surface area contributed by atoms with Crippen LogP contribution in [0.15, 0.2) is 115 Å². The van der Waals surface area contributed by atoms with E-state index >= 15 is 0 Å². The van der Waals surface area contributed by atoms with Crippen LogP contribution < -0.4 is 4.72 Å². The molecule has 0 saturated heterocycles. The molecule has 0 aliphatic rings. The molecule has 0 radical (unpaired) electrons. The minimum atomic E-state index is -3.41. The molecule has 0 spiro atoms. The predicted molar refractivity (Wildman–Crippen MR) is 152 cm³/mol. The summed E-state index contributed by atoms with van der Waals surface area (Å²) in [6.07, 6.45) is 1.39. The molecule has 1 heterocycles. The molecule has 5 aromatic rings. The van der Waals surface area contributed by atoms with E-state index in [1.165, 1.54) is 11.1 Å². The van der Waals surface area contributed by atoms with Crippen molar-refractivity contribution in [3.05, 3.63) is 143 Å². The molecule has 6 heteroatoms. The molecule has 0 atom stereocenters. The highest BCUT2D eigenvalue weighted by atomic mass is 35.5. The molecule has 0 aliphatic heterocycles. The smallest absolute Gasteiger partial charge is 0.215 e. The van der Waals surface area contributed by atoms with Crippen LogP contribution in [-0.2, 0) is 22.2 Å². The van der Waals surface area contributed by atoms with E-state index in [1.807, 2.05) is 54.6 Å². The first kappa shape index (κ1) is 25.3. The van der Waals surface area contributed by atoms with E-state index in [9.17, 15) is 8.42 Å². The van der Waals surface area contributed by atoms with E-state index in [4.69, 9.17) is 11.6 Å². The van der Waals surface area contributed by atoms with Gasteiger partial charge in [-0.05, 0) is 53.8 Å². The zero-order chi connectivity index (χ0) is 25.7. The first-order chi connectivity index (χ1) is 18.0. The molecule has 0 amide bonds. The number of hydrogen-bond donors (Lipinski definition) is 1. The van der Waals surface area contributed by atoms with Gasteiger partial charge in [0, 0.05) is 28.2 Å². The Kier molecular flexibility index (Phi) is 7.75. The summed E-state index contributed by atoms with van der Waals surface area (Å²) in [6, 6.07) is 38.3. The van der Waals surface area contributed by atoms with Crippen LogP contribution in [0.5, 0.6) is 0 Å². The Bertz CT molecular complexity index is 1530. The fourth-order valence-electron chi connectivity index (χ4n) is 4.86. The second kappa shape index (κ2) is 11.3. The number of nitrogens with zero attached hydrogens (tertiary/aromatic N) is 1. The van der Waals surface area contributed by atoms with Crippen molar-refractivity contribution >= 4 is 32.5 Å². The number of halogens is 1. The zero-order valence-electron chi connectivity index (χ0n) is 20.4. The molecule has 0 unspecified atom stereocenters. The third-order valence-corrected chi connectivity index (χ3v) is 8.09. The average molecular weight is 529 g/mol. The predicted octanol–water partition coefficient (Wildman–Crippen LogP) is 6.98. The minimum Gasteiger partial charge on any atom is -0.333 e. The van der Waals surface area contributed by atoms with Gasteiger partial charge in [0.15, 0.2) is 0 Å². The quantitative estimate of drug-likeness (QED) is 0.199. The van der Waals surface area contributed by atoms with Gasteiger partial charge in [0.1, 0.15) is 0 Å². The van der Waals surface area contributed by atoms with Gasteiger partial charge in [0.2, 0.25) is 10.0 Å². The number of rotatable bonds is 10. The molecule has 37 heavy (non-hydrogen) atoms. The van der Waals surface area contributed by atoms with Gasteiger partial charge in [-0.1, -0.05) is 103 Å². The summed E-state index contributed by atoms with van der Waals surface area (Å²) in [5.74, 6) is -0.0172. The Hall–Kier alpha value is -3.38. The summed E-state index contributed by atoms with van der Waals surface area (Å²) in [7, 11) is -3.41. The second-order valence-electron chi connectivity index (χ2n) is 9.18. The minimum absolute atomic E-state index is 0.0172. The molecule has 0 aliphatic carbocycles. The average Bonchev–Trinajstić information content (AvgIpc) is 3.25. The molecule has 0 bridgehead atoms. The highest BCUT2D eigenvalue weighted by Gasteiger charge is 2.22. The van der Waals surface area contributed by atoms with Crippen LogP contribution in [0.25, 0.3) is 10.9 Å². The molecule has 188 valence electrons. The van der Waals surface area contributed by atoms with E-state index in [1.54, 1.807) is 0 Å². The molecular formula is C31H29ClN2O2S. The third kappa shape index (κ3) is 6.13. The van der Waals surface area contributed by atoms with Gasteiger partial charge >= 0.3 is 0 Å². The SMILES string of the molecule is O=S(=O)(Cc1ccccc1)NCCCc1cc2cc(Cl)ccc2n1C(c1ccccc1)c1ccccc1. The maximum absolute atomic E-state index is 12.6. The number of aromatic nitrogens is 1. The summed E-state index contributed by atoms with van der Waals surface area (Å²) in [5, 5.41) is 1.77. The normalized spacial score (nSPS) is 11.8. The lowest BCUT2D eigenvalue weighted by atomic mass is 9.97. The van der Waals surface area contributed by atoms with Gasteiger partial charge in [-0.3, -0.25) is 0 Å². The Labute approximate surface area is 223 Å². The molecule has 0 saturated carbocycles. The van der Waals surface area contributed by atoms with Crippen LogP contribution >= 0.6 is 11.6 Å². The Morgan fingerprint density at radius 2 is 1.35 bits per heavy atom. The Morgan fingerprint density at radius 1 is 0.757 bits per heavy atom. The lowest BCUT2D eigenvalue weighted by Gasteiger charge is -2.24. The molecule has 4 aromatic carbocycles. The largest absolute Gasteiger partial charge is 0.333 e. The van der Waals surface area contributed by atoms with Gasteiger partial charge in [0.05, 0.1) is 11.8 Å². The van der Waals surface area contributed by atoms with Crippen molar-refractivity contribution in [2.24, 2.45) is 0 Å². The lowest BCUT2D eigenvalue weighted by molar-refractivity contribution is 0.576. The van der Waals surface area contributed by atoms with Crippen LogP contribution in [0.1, 0.15) is 34.8 Å². The Morgan fingerprint density at radius 3 is 1.97 bits per heavy atom. The maximum atomic E-state index is 12.6. The summed E-state index contributed by atoms with van der Waals surface area (Å²) in [4.78, 5) is 0. The number of hydrogen-bond acceptors (Lipinski definition) is 2. The van der Waals surface area contributed by atoms with Gasteiger partial charge < -0.3 is 4.57 Å². The van der Waals surface area contributed by atoms with Crippen LogP contribution in [-0.4, -0.2) is 19.5 Å². The fraction of sp³-hybridized carbons (Fsp3) is 0.161. The van der Waals surface area contributed by atoms with Gasteiger partial charge in [0.25, 0.3) is 0 Å². The van der Waals surface area contributed by atoms with E-state index in [0.29, 0.717) is 18.0 Å². The van der Waals surface area contributed by atoms with Crippen molar-refractivity contribution < 1.29 is 8.42 Å². The number of aryl methyl sites for hydroxylation is 1. The van der Waals surface area contributed by atoms with Crippen LogP contribution in [0, 0.1) is 0 Å². The third-order valence-electron chi connectivity index (χ3n) is 6.50. The molecule has 4 nitrogen and oxygen atoms in total. The highest BCUT2D eigenvalue weighted by Crippen LogP contribution is 2.34. The van der Waals surface area contributed by atoms with Gasteiger partial charge in [-0.2, -0.15) is 0 Å². The number of nitrogens with one attached hydrogen (secondary N) is 1. The first-order valence-electron chi connectivity index (χ1n) is 12.4. The summed E-state index contributed by atoms with van der Waals surface area (Å²) in [5.41, 5.74) is 5.39. The highest BCUT2D eigenvalue weighted by molar-refractivity contribution is 7.88. The summed E-state index contributed by atoms with van der Waals surface area (Å²) < 4.78 is 30.4. The maximum Gasteiger partial charge on any atom is 0.215 e. The Balaban J connectivity index is 1.43. The van der Waals surface area contributed by atoms with Crippen molar-refractivity contribution in [1.29, 1.82) is 0 Å². The number of benzene rings is 4. The fourth-order valence-corrected chi connectivity index (χ4v) is 6.23.